The van der Waals surface area contributed by atoms with Crippen LogP contribution in [-0.2, 0) is 4.79 Å². The number of nitrogens with one attached hydrogen (secondary N) is 1. The predicted molar refractivity (Wildman–Crippen MR) is 87.0 cm³/mol. The Morgan fingerprint density at radius 1 is 1.38 bits per heavy atom. The lowest BCUT2D eigenvalue weighted by Gasteiger charge is -2.35. The highest BCUT2D eigenvalue weighted by Crippen LogP contribution is 2.38. The van der Waals surface area contributed by atoms with Crippen molar-refractivity contribution in [2.24, 2.45) is 17.6 Å². The van der Waals surface area contributed by atoms with Gasteiger partial charge in [-0.3, -0.25) is 4.79 Å². The molecule has 3 atom stereocenters. The van der Waals surface area contributed by atoms with E-state index in [0.29, 0.717) is 5.92 Å². The highest BCUT2D eigenvalue weighted by molar-refractivity contribution is 5.85. The first-order valence-corrected chi connectivity index (χ1v) is 8.80. The maximum Gasteiger partial charge on any atom is 0.238 e. The Kier molecular flexibility index (Phi) is 5.67. The van der Waals surface area contributed by atoms with Crippen LogP contribution in [0.25, 0.3) is 0 Å². The van der Waals surface area contributed by atoms with Crippen LogP contribution in [0.1, 0.15) is 59.3 Å². The molecule has 0 aromatic carbocycles. The lowest BCUT2D eigenvalue weighted by atomic mass is 9.83. The molecule has 2 rings (SSSR count). The second-order valence-electron chi connectivity index (χ2n) is 7.23. The normalized spacial score (nSPS) is 33.9. The van der Waals surface area contributed by atoms with Crippen molar-refractivity contribution in [3.05, 3.63) is 0 Å². The molecule has 0 radical (unpaired) electrons. The van der Waals surface area contributed by atoms with E-state index in [2.05, 4.69) is 31.0 Å². The molecule has 2 aliphatic rings. The molecule has 3 N–H and O–H groups in total. The minimum Gasteiger partial charge on any atom is -0.368 e. The van der Waals surface area contributed by atoms with Crippen LogP contribution in [0.2, 0.25) is 0 Å². The summed E-state index contributed by atoms with van der Waals surface area (Å²) in [6, 6.07) is 0.730. The van der Waals surface area contributed by atoms with Gasteiger partial charge in [0.2, 0.25) is 5.91 Å². The summed E-state index contributed by atoms with van der Waals surface area (Å²) in [5.41, 5.74) is 5.31. The molecule has 4 nitrogen and oxygen atoms in total. The van der Waals surface area contributed by atoms with Crippen LogP contribution in [0.5, 0.6) is 0 Å². The van der Waals surface area contributed by atoms with Gasteiger partial charge in [0.25, 0.3) is 0 Å². The molecule has 1 amide bonds. The number of nitrogens with zero attached hydrogens (tertiary/aromatic N) is 1. The maximum atomic E-state index is 12.0. The summed E-state index contributed by atoms with van der Waals surface area (Å²) in [6.45, 7) is 9.87. The molecule has 21 heavy (non-hydrogen) atoms. The van der Waals surface area contributed by atoms with Crippen molar-refractivity contribution < 1.29 is 4.79 Å². The molecular weight excluding hydrogens is 262 g/mol. The number of amides is 1. The minimum absolute atomic E-state index is 0.145. The average molecular weight is 295 g/mol. The first kappa shape index (κ1) is 16.8. The van der Waals surface area contributed by atoms with Crippen molar-refractivity contribution in [3.8, 4) is 0 Å². The smallest absolute Gasteiger partial charge is 0.238 e. The largest absolute Gasteiger partial charge is 0.368 e. The molecule has 0 aromatic rings. The summed E-state index contributed by atoms with van der Waals surface area (Å²) in [7, 11) is 0. The molecule has 0 spiro atoms. The fraction of sp³-hybridized carbons (Fsp3) is 0.941. The van der Waals surface area contributed by atoms with E-state index in [0.717, 1.165) is 50.7 Å². The Morgan fingerprint density at radius 2 is 2.14 bits per heavy atom. The second kappa shape index (κ2) is 7.10. The van der Waals surface area contributed by atoms with E-state index in [9.17, 15) is 4.79 Å². The molecular formula is C17H33N3O. The Balaban J connectivity index is 1.96. The molecule has 1 saturated carbocycles. The molecule has 1 saturated heterocycles. The van der Waals surface area contributed by atoms with E-state index in [-0.39, 0.29) is 5.91 Å². The molecule has 1 heterocycles. The number of rotatable bonds is 7. The van der Waals surface area contributed by atoms with Crippen molar-refractivity contribution in [1.82, 2.24) is 10.2 Å². The third-order valence-electron chi connectivity index (χ3n) is 5.70. The van der Waals surface area contributed by atoms with E-state index in [4.69, 9.17) is 5.73 Å². The Bertz CT molecular complexity index is 358. The lowest BCUT2D eigenvalue weighted by Crippen LogP contribution is -2.58. The van der Waals surface area contributed by atoms with Gasteiger partial charge in [-0.2, -0.15) is 0 Å². The van der Waals surface area contributed by atoms with Crippen LogP contribution in [0.15, 0.2) is 0 Å². The summed E-state index contributed by atoms with van der Waals surface area (Å²) < 4.78 is 0. The van der Waals surface area contributed by atoms with Crippen LogP contribution in [0.3, 0.4) is 0 Å². The third kappa shape index (κ3) is 3.42. The number of hydrogen-bond donors (Lipinski definition) is 2. The summed E-state index contributed by atoms with van der Waals surface area (Å²) in [6.07, 6.45) is 6.91. The van der Waals surface area contributed by atoms with Crippen LogP contribution in [-0.4, -0.2) is 42.0 Å². The molecule has 1 aliphatic heterocycles. The summed E-state index contributed by atoms with van der Waals surface area (Å²) in [5, 5.41) is 3.42. The van der Waals surface area contributed by atoms with Gasteiger partial charge in [0, 0.05) is 6.04 Å². The number of nitrogens with two attached hydrogens (primary N) is 1. The number of carbonyl (C=O) groups is 1. The zero-order valence-electron chi connectivity index (χ0n) is 14.0. The Labute approximate surface area is 129 Å². The number of likely N-dealkylation sites (tertiary alicyclic amines) is 1. The average Bonchev–Trinajstić information content (AvgIpc) is 3.03. The zero-order valence-corrected chi connectivity index (χ0v) is 14.0. The van der Waals surface area contributed by atoms with Gasteiger partial charge in [-0.1, -0.05) is 27.2 Å². The van der Waals surface area contributed by atoms with Crippen LogP contribution < -0.4 is 11.1 Å². The highest BCUT2D eigenvalue weighted by Gasteiger charge is 2.47. The number of hydrogen-bond acceptors (Lipinski definition) is 3. The van der Waals surface area contributed by atoms with E-state index < -0.39 is 5.54 Å². The number of likely N-dealkylation sites (N-methyl/N-ethyl adjacent to an activating group) is 1. The quantitative estimate of drug-likeness (QED) is 0.756. The van der Waals surface area contributed by atoms with E-state index in [1.54, 1.807) is 0 Å². The van der Waals surface area contributed by atoms with Crippen molar-refractivity contribution in [3.63, 3.8) is 0 Å². The zero-order chi connectivity index (χ0) is 15.5. The van der Waals surface area contributed by atoms with Crippen LogP contribution in [0.4, 0.5) is 0 Å². The van der Waals surface area contributed by atoms with Gasteiger partial charge < -0.3 is 16.0 Å². The van der Waals surface area contributed by atoms with Gasteiger partial charge >= 0.3 is 0 Å². The maximum absolute atomic E-state index is 12.0. The predicted octanol–water partition coefficient (Wildman–Crippen LogP) is 2.13. The summed E-state index contributed by atoms with van der Waals surface area (Å²) in [5.74, 6) is 0.989. The summed E-state index contributed by atoms with van der Waals surface area (Å²) in [4.78, 5) is 14.7. The van der Waals surface area contributed by atoms with Gasteiger partial charge in [0.1, 0.15) is 5.54 Å². The molecule has 0 aromatic heterocycles. The third-order valence-corrected chi connectivity index (χ3v) is 5.70. The van der Waals surface area contributed by atoms with E-state index in [1.165, 1.54) is 19.4 Å². The fourth-order valence-corrected chi connectivity index (χ4v) is 4.63. The fourth-order valence-electron chi connectivity index (χ4n) is 4.63. The highest BCUT2D eigenvalue weighted by atomic mass is 16.1. The van der Waals surface area contributed by atoms with Gasteiger partial charge in [-0.15, -0.1) is 0 Å². The van der Waals surface area contributed by atoms with E-state index >= 15 is 0 Å². The SMILES string of the molecule is CCNC1(C(N)=O)CCCC1CCN1CCCC1C(C)C. The van der Waals surface area contributed by atoms with Crippen molar-refractivity contribution in [1.29, 1.82) is 0 Å². The topological polar surface area (TPSA) is 58.4 Å². The molecule has 4 heteroatoms. The first-order valence-electron chi connectivity index (χ1n) is 8.80. The Morgan fingerprint density at radius 3 is 2.76 bits per heavy atom. The monoisotopic (exact) mass is 295 g/mol. The van der Waals surface area contributed by atoms with Gasteiger partial charge in [0.05, 0.1) is 0 Å². The van der Waals surface area contributed by atoms with Gasteiger partial charge in [-0.05, 0) is 63.6 Å². The molecule has 0 bridgehead atoms. The molecule has 3 unspecified atom stereocenters. The molecule has 2 fully saturated rings. The Hall–Kier alpha value is -0.610. The second-order valence-corrected chi connectivity index (χ2v) is 7.23. The van der Waals surface area contributed by atoms with E-state index in [1.807, 2.05) is 0 Å². The van der Waals surface area contributed by atoms with Crippen molar-refractivity contribution in [2.45, 2.75) is 70.9 Å². The van der Waals surface area contributed by atoms with Crippen molar-refractivity contribution >= 4 is 5.91 Å². The van der Waals surface area contributed by atoms with Gasteiger partial charge in [-0.25, -0.2) is 0 Å². The van der Waals surface area contributed by atoms with Crippen LogP contribution in [0, 0.1) is 11.8 Å². The number of primary amides is 1. The minimum atomic E-state index is -0.443. The lowest BCUT2D eigenvalue weighted by molar-refractivity contribution is -0.126. The van der Waals surface area contributed by atoms with Crippen LogP contribution >= 0.6 is 0 Å². The van der Waals surface area contributed by atoms with Gasteiger partial charge in [0.15, 0.2) is 0 Å². The van der Waals surface area contributed by atoms with Crippen molar-refractivity contribution in [2.75, 3.05) is 19.6 Å². The standard InChI is InChI=1S/C17H33N3O/c1-4-19-17(16(18)21)10-5-7-14(17)9-12-20-11-6-8-15(20)13(2)3/h13-15,19H,4-12H2,1-3H3,(H2,18,21). The molecule has 122 valence electrons. The number of carbonyl (C=O) groups excluding carboxylic acids is 1. The summed E-state index contributed by atoms with van der Waals surface area (Å²) >= 11 is 0. The first-order chi connectivity index (χ1) is 10.0. The molecule has 1 aliphatic carbocycles.